The van der Waals surface area contributed by atoms with Crippen LogP contribution in [0.4, 0.5) is 10.1 Å². The number of ether oxygens (including phenoxy) is 1. The number of nitrogens with two attached hydrogens (primary N) is 1. The van der Waals surface area contributed by atoms with Gasteiger partial charge in [-0.3, -0.25) is 0 Å². The molecule has 1 aromatic heterocycles. The Morgan fingerprint density at radius 3 is 2.90 bits per heavy atom. The summed E-state index contributed by atoms with van der Waals surface area (Å²) < 4.78 is 21.1. The van der Waals surface area contributed by atoms with Gasteiger partial charge in [0.25, 0.3) is 0 Å². The molecule has 1 aromatic carbocycles. The highest BCUT2D eigenvalue weighted by Crippen LogP contribution is 2.31. The smallest absolute Gasteiger partial charge is 0.185 e. The van der Waals surface area contributed by atoms with Crippen LogP contribution in [0.3, 0.4) is 0 Å². The third-order valence-corrected chi connectivity index (χ3v) is 4.06. The summed E-state index contributed by atoms with van der Waals surface area (Å²) in [4.78, 5) is 0. The van der Waals surface area contributed by atoms with Gasteiger partial charge in [0, 0.05) is 18.9 Å². The predicted molar refractivity (Wildman–Crippen MR) is 75.9 cm³/mol. The molecular formula is C14H18FN5O. The molecule has 7 heteroatoms. The maximum Gasteiger partial charge on any atom is 0.185 e. The number of tetrazole rings is 1. The highest BCUT2D eigenvalue weighted by atomic mass is 19.1. The zero-order valence-electron chi connectivity index (χ0n) is 11.9. The van der Waals surface area contributed by atoms with Gasteiger partial charge in [0.1, 0.15) is 5.82 Å². The van der Waals surface area contributed by atoms with Gasteiger partial charge in [-0.1, -0.05) is 0 Å². The van der Waals surface area contributed by atoms with Crippen molar-refractivity contribution >= 4 is 5.69 Å². The molecule has 112 valence electrons. The number of benzene rings is 1. The quantitative estimate of drug-likeness (QED) is 0.876. The Balaban J connectivity index is 1.94. The van der Waals surface area contributed by atoms with Gasteiger partial charge in [-0.2, -0.15) is 0 Å². The SMILES string of the molecule is CC(C1CCOCC1)n1nnnc1-c1cc(N)ccc1F. The Bertz CT molecular complexity index is 624. The van der Waals surface area contributed by atoms with E-state index in [2.05, 4.69) is 22.4 Å². The fraction of sp³-hybridized carbons (Fsp3) is 0.500. The van der Waals surface area contributed by atoms with Gasteiger partial charge in [0.05, 0.1) is 11.6 Å². The second-order valence-electron chi connectivity index (χ2n) is 5.38. The van der Waals surface area contributed by atoms with Crippen molar-refractivity contribution in [1.82, 2.24) is 20.2 Å². The van der Waals surface area contributed by atoms with Gasteiger partial charge < -0.3 is 10.5 Å². The van der Waals surface area contributed by atoms with Crippen LogP contribution in [0.15, 0.2) is 18.2 Å². The number of anilines is 1. The number of rotatable bonds is 3. The lowest BCUT2D eigenvalue weighted by Crippen LogP contribution is -2.25. The number of aromatic nitrogens is 4. The van der Waals surface area contributed by atoms with Crippen molar-refractivity contribution in [1.29, 1.82) is 0 Å². The molecule has 0 radical (unpaired) electrons. The first-order chi connectivity index (χ1) is 10.2. The predicted octanol–water partition coefficient (Wildman–Crippen LogP) is 2.05. The summed E-state index contributed by atoms with van der Waals surface area (Å²) in [5.41, 5.74) is 6.56. The molecule has 2 N–H and O–H groups in total. The highest BCUT2D eigenvalue weighted by Gasteiger charge is 2.26. The minimum atomic E-state index is -0.376. The summed E-state index contributed by atoms with van der Waals surface area (Å²) in [6, 6.07) is 4.51. The largest absolute Gasteiger partial charge is 0.399 e. The first kappa shape index (κ1) is 13.9. The summed E-state index contributed by atoms with van der Waals surface area (Å²) in [6.07, 6.45) is 1.92. The molecule has 0 bridgehead atoms. The van der Waals surface area contributed by atoms with Crippen molar-refractivity contribution in [2.24, 2.45) is 5.92 Å². The summed E-state index contributed by atoms with van der Waals surface area (Å²) in [7, 11) is 0. The second kappa shape index (κ2) is 5.77. The van der Waals surface area contributed by atoms with E-state index >= 15 is 0 Å². The molecule has 2 heterocycles. The molecule has 1 atom stereocenters. The average molecular weight is 291 g/mol. The normalized spacial score (nSPS) is 17.8. The zero-order valence-corrected chi connectivity index (χ0v) is 11.9. The van der Waals surface area contributed by atoms with Gasteiger partial charge in [0.15, 0.2) is 5.82 Å². The molecule has 2 aromatic rings. The van der Waals surface area contributed by atoms with E-state index < -0.39 is 0 Å². The second-order valence-corrected chi connectivity index (χ2v) is 5.38. The monoisotopic (exact) mass is 291 g/mol. The topological polar surface area (TPSA) is 78.8 Å². The molecule has 21 heavy (non-hydrogen) atoms. The van der Waals surface area contributed by atoms with Crippen LogP contribution >= 0.6 is 0 Å². The van der Waals surface area contributed by atoms with E-state index in [1.54, 1.807) is 10.7 Å². The Kier molecular flexibility index (Phi) is 3.83. The number of nitrogens with zero attached hydrogens (tertiary/aromatic N) is 4. The molecule has 1 fully saturated rings. The Labute approximate surface area is 122 Å². The maximum atomic E-state index is 14.0. The third kappa shape index (κ3) is 2.73. The molecule has 6 nitrogen and oxygen atoms in total. The first-order valence-electron chi connectivity index (χ1n) is 7.08. The van der Waals surface area contributed by atoms with E-state index in [9.17, 15) is 4.39 Å². The van der Waals surface area contributed by atoms with Crippen molar-refractivity contribution in [3.05, 3.63) is 24.0 Å². The summed E-state index contributed by atoms with van der Waals surface area (Å²) in [6.45, 7) is 3.55. The van der Waals surface area contributed by atoms with Crippen LogP contribution in [-0.2, 0) is 4.74 Å². The van der Waals surface area contributed by atoms with Crippen molar-refractivity contribution in [2.45, 2.75) is 25.8 Å². The van der Waals surface area contributed by atoms with Gasteiger partial charge in [-0.05, 0) is 54.3 Å². The maximum absolute atomic E-state index is 14.0. The number of hydrogen-bond donors (Lipinski definition) is 1. The van der Waals surface area contributed by atoms with Crippen LogP contribution in [0.25, 0.3) is 11.4 Å². The number of hydrogen-bond acceptors (Lipinski definition) is 5. The lowest BCUT2D eigenvalue weighted by Gasteiger charge is -2.28. The fourth-order valence-electron chi connectivity index (χ4n) is 2.76. The van der Waals surface area contributed by atoms with E-state index in [0.717, 1.165) is 26.1 Å². The molecule has 0 spiro atoms. The third-order valence-electron chi connectivity index (χ3n) is 4.06. The minimum absolute atomic E-state index is 0.0831. The fourth-order valence-corrected chi connectivity index (χ4v) is 2.76. The van der Waals surface area contributed by atoms with Crippen LogP contribution in [0.1, 0.15) is 25.8 Å². The van der Waals surface area contributed by atoms with E-state index in [4.69, 9.17) is 10.5 Å². The van der Waals surface area contributed by atoms with E-state index in [0.29, 0.717) is 23.0 Å². The van der Waals surface area contributed by atoms with Crippen LogP contribution in [-0.4, -0.2) is 33.4 Å². The Morgan fingerprint density at radius 1 is 1.38 bits per heavy atom. The molecule has 0 saturated carbocycles. The molecule has 0 amide bonds. The van der Waals surface area contributed by atoms with Crippen LogP contribution < -0.4 is 5.73 Å². The number of halogens is 1. The summed E-state index contributed by atoms with van der Waals surface area (Å²) in [5.74, 6) is 0.461. The molecule has 1 unspecified atom stereocenters. The molecule has 1 aliphatic heterocycles. The van der Waals surface area contributed by atoms with Crippen LogP contribution in [0.5, 0.6) is 0 Å². The van der Waals surface area contributed by atoms with Crippen molar-refractivity contribution in [3.63, 3.8) is 0 Å². The lowest BCUT2D eigenvalue weighted by atomic mass is 9.93. The van der Waals surface area contributed by atoms with E-state index in [-0.39, 0.29) is 11.9 Å². The Morgan fingerprint density at radius 2 is 2.14 bits per heavy atom. The molecule has 1 aliphatic rings. The molecular weight excluding hydrogens is 273 g/mol. The van der Waals surface area contributed by atoms with E-state index in [1.165, 1.54) is 12.1 Å². The van der Waals surface area contributed by atoms with E-state index in [1.807, 2.05) is 0 Å². The highest BCUT2D eigenvalue weighted by molar-refractivity contribution is 5.61. The van der Waals surface area contributed by atoms with Gasteiger partial charge in [0.2, 0.25) is 0 Å². The van der Waals surface area contributed by atoms with Gasteiger partial charge >= 0.3 is 0 Å². The van der Waals surface area contributed by atoms with Crippen molar-refractivity contribution < 1.29 is 9.13 Å². The average Bonchev–Trinajstić information content (AvgIpc) is 2.99. The van der Waals surface area contributed by atoms with Gasteiger partial charge in [-0.25, -0.2) is 9.07 Å². The van der Waals surface area contributed by atoms with Crippen LogP contribution in [0, 0.1) is 11.7 Å². The molecule has 0 aliphatic carbocycles. The molecule has 1 saturated heterocycles. The molecule has 3 rings (SSSR count). The zero-order chi connectivity index (χ0) is 14.8. The van der Waals surface area contributed by atoms with Crippen molar-refractivity contribution in [3.8, 4) is 11.4 Å². The summed E-state index contributed by atoms with van der Waals surface area (Å²) >= 11 is 0. The standard InChI is InChI=1S/C14H18FN5O/c1-9(10-4-6-21-7-5-10)20-14(17-18-19-20)12-8-11(16)2-3-13(12)15/h2-3,8-10H,4-7,16H2,1H3. The number of nitrogen functional groups attached to an aromatic ring is 1. The Hall–Kier alpha value is -2.02. The van der Waals surface area contributed by atoms with Crippen LogP contribution in [0.2, 0.25) is 0 Å². The van der Waals surface area contributed by atoms with Crippen molar-refractivity contribution in [2.75, 3.05) is 18.9 Å². The van der Waals surface area contributed by atoms with Gasteiger partial charge in [-0.15, -0.1) is 5.10 Å². The summed E-state index contributed by atoms with van der Waals surface area (Å²) in [5, 5.41) is 11.7. The first-order valence-corrected chi connectivity index (χ1v) is 7.08. The lowest BCUT2D eigenvalue weighted by molar-refractivity contribution is 0.0495. The minimum Gasteiger partial charge on any atom is -0.399 e.